The van der Waals surface area contributed by atoms with Crippen LogP contribution in [0.3, 0.4) is 0 Å². The molecule has 0 saturated heterocycles. The van der Waals surface area contributed by atoms with Gasteiger partial charge in [-0.05, 0) is 24.3 Å². The van der Waals surface area contributed by atoms with Crippen molar-refractivity contribution in [3.8, 4) is 0 Å². The van der Waals surface area contributed by atoms with Gasteiger partial charge in [-0.2, -0.15) is 5.10 Å². The van der Waals surface area contributed by atoms with E-state index in [0.29, 0.717) is 11.9 Å². The van der Waals surface area contributed by atoms with E-state index in [1.807, 2.05) is 0 Å². The lowest BCUT2D eigenvalue weighted by atomic mass is 9.97. The number of hydrogen-bond acceptors (Lipinski definition) is 2. The normalized spacial score (nSPS) is 12.3. The molecule has 0 radical (unpaired) electrons. The minimum absolute atomic E-state index is 0.138. The van der Waals surface area contributed by atoms with Gasteiger partial charge in [-0.1, -0.05) is 27.7 Å². The van der Waals surface area contributed by atoms with Crippen LogP contribution in [-0.4, -0.2) is 22.2 Å². The molecule has 0 aromatic carbocycles. The first-order chi connectivity index (χ1) is 8.52. The van der Waals surface area contributed by atoms with Crippen LogP contribution < -0.4 is 5.32 Å². The van der Waals surface area contributed by atoms with Crippen molar-refractivity contribution >= 4 is 11.6 Å². The summed E-state index contributed by atoms with van der Waals surface area (Å²) in [6.45, 7) is 10.5. The summed E-state index contributed by atoms with van der Waals surface area (Å²) in [4.78, 5) is 0. The molecule has 0 aliphatic rings. The van der Waals surface area contributed by atoms with Gasteiger partial charge >= 0.3 is 0 Å². The van der Waals surface area contributed by atoms with Gasteiger partial charge in [0, 0.05) is 25.2 Å². The highest BCUT2D eigenvalue weighted by atomic mass is 35.5. The summed E-state index contributed by atoms with van der Waals surface area (Å²) >= 11 is 5.90. The van der Waals surface area contributed by atoms with Crippen molar-refractivity contribution < 1.29 is 0 Å². The van der Waals surface area contributed by atoms with Crippen molar-refractivity contribution in [1.29, 1.82) is 0 Å². The van der Waals surface area contributed by atoms with Gasteiger partial charge in [0.2, 0.25) is 0 Å². The summed E-state index contributed by atoms with van der Waals surface area (Å²) in [5, 5.41) is 8.04. The van der Waals surface area contributed by atoms with E-state index in [4.69, 9.17) is 11.6 Å². The van der Waals surface area contributed by atoms with E-state index in [1.54, 1.807) is 0 Å². The molecular formula is C14H26ClN3. The van der Waals surface area contributed by atoms with Crippen molar-refractivity contribution in [1.82, 2.24) is 15.1 Å². The van der Waals surface area contributed by atoms with Crippen LogP contribution in [0.15, 0.2) is 12.3 Å². The van der Waals surface area contributed by atoms with Crippen LogP contribution in [0.2, 0.25) is 0 Å². The molecule has 18 heavy (non-hydrogen) atoms. The molecule has 0 amide bonds. The van der Waals surface area contributed by atoms with E-state index in [0.717, 1.165) is 31.6 Å². The SMILES string of the molecule is CCC(CC)n1ccc(CNCC(C)(C)CCl)n1. The molecule has 0 fully saturated rings. The summed E-state index contributed by atoms with van der Waals surface area (Å²) in [5.41, 5.74) is 1.24. The summed E-state index contributed by atoms with van der Waals surface area (Å²) in [7, 11) is 0. The average Bonchev–Trinajstić information content (AvgIpc) is 2.79. The van der Waals surface area contributed by atoms with Gasteiger partial charge in [0.1, 0.15) is 0 Å². The van der Waals surface area contributed by atoms with E-state index < -0.39 is 0 Å². The molecule has 0 atom stereocenters. The molecule has 1 aromatic rings. The molecule has 4 heteroatoms. The third-order valence-electron chi connectivity index (χ3n) is 3.25. The molecule has 0 aliphatic carbocycles. The molecule has 0 unspecified atom stereocenters. The number of nitrogens with one attached hydrogen (secondary N) is 1. The fourth-order valence-electron chi connectivity index (χ4n) is 1.91. The number of halogens is 1. The minimum Gasteiger partial charge on any atom is -0.311 e. The second kappa shape index (κ2) is 7.15. The Morgan fingerprint density at radius 3 is 2.61 bits per heavy atom. The van der Waals surface area contributed by atoms with Gasteiger partial charge < -0.3 is 5.32 Å². The maximum absolute atomic E-state index is 5.90. The van der Waals surface area contributed by atoms with Crippen molar-refractivity contribution in [3.63, 3.8) is 0 Å². The predicted molar refractivity (Wildman–Crippen MR) is 78.1 cm³/mol. The van der Waals surface area contributed by atoms with E-state index in [9.17, 15) is 0 Å². The van der Waals surface area contributed by atoms with Gasteiger partial charge in [-0.15, -0.1) is 11.6 Å². The van der Waals surface area contributed by atoms with Crippen LogP contribution in [0.1, 0.15) is 52.3 Å². The fraction of sp³-hybridized carbons (Fsp3) is 0.786. The molecule has 0 bridgehead atoms. The average molecular weight is 272 g/mol. The second-order valence-corrected chi connectivity index (χ2v) is 5.93. The largest absolute Gasteiger partial charge is 0.311 e. The van der Waals surface area contributed by atoms with Crippen molar-refractivity contribution in [2.45, 2.75) is 53.1 Å². The van der Waals surface area contributed by atoms with Gasteiger partial charge in [0.15, 0.2) is 0 Å². The predicted octanol–water partition coefficient (Wildman–Crippen LogP) is 3.60. The highest BCUT2D eigenvalue weighted by Gasteiger charge is 2.15. The Kier molecular flexibility index (Phi) is 6.16. The van der Waals surface area contributed by atoms with Crippen LogP contribution >= 0.6 is 11.6 Å². The lowest BCUT2D eigenvalue weighted by Crippen LogP contribution is -2.30. The monoisotopic (exact) mass is 271 g/mol. The maximum atomic E-state index is 5.90. The summed E-state index contributed by atoms with van der Waals surface area (Å²) < 4.78 is 2.09. The molecule has 1 rings (SSSR count). The molecule has 1 aromatic heterocycles. The lowest BCUT2D eigenvalue weighted by Gasteiger charge is -2.21. The number of alkyl halides is 1. The van der Waals surface area contributed by atoms with Crippen LogP contribution in [0.5, 0.6) is 0 Å². The summed E-state index contributed by atoms with van der Waals surface area (Å²) in [5.74, 6) is 0.669. The van der Waals surface area contributed by atoms with Gasteiger partial charge in [-0.25, -0.2) is 0 Å². The molecule has 1 N–H and O–H groups in total. The zero-order valence-electron chi connectivity index (χ0n) is 12.0. The molecule has 0 spiro atoms. The summed E-state index contributed by atoms with van der Waals surface area (Å²) in [6, 6.07) is 2.62. The summed E-state index contributed by atoms with van der Waals surface area (Å²) in [6.07, 6.45) is 4.34. The van der Waals surface area contributed by atoms with E-state index in [2.05, 4.69) is 55.1 Å². The molecule has 104 valence electrons. The van der Waals surface area contributed by atoms with Gasteiger partial charge in [0.05, 0.1) is 11.7 Å². The molecule has 0 saturated carbocycles. The lowest BCUT2D eigenvalue weighted by molar-refractivity contribution is 0.381. The second-order valence-electron chi connectivity index (χ2n) is 5.66. The quantitative estimate of drug-likeness (QED) is 0.732. The third kappa shape index (κ3) is 4.62. The Labute approximate surface area is 116 Å². The van der Waals surface area contributed by atoms with Crippen molar-refractivity contribution in [2.24, 2.45) is 5.41 Å². The van der Waals surface area contributed by atoms with Gasteiger partial charge in [0.25, 0.3) is 0 Å². The van der Waals surface area contributed by atoms with Crippen LogP contribution in [-0.2, 0) is 6.54 Å². The molecule has 1 heterocycles. The first-order valence-corrected chi connectivity index (χ1v) is 7.36. The molecular weight excluding hydrogens is 246 g/mol. The van der Waals surface area contributed by atoms with Crippen molar-refractivity contribution in [2.75, 3.05) is 12.4 Å². The Balaban J connectivity index is 2.45. The van der Waals surface area contributed by atoms with Crippen LogP contribution in [0, 0.1) is 5.41 Å². The fourth-order valence-corrected chi connectivity index (χ4v) is 2.01. The topological polar surface area (TPSA) is 29.9 Å². The standard InChI is InChI=1S/C14H26ClN3/c1-5-13(6-2)18-8-7-12(17-18)9-16-11-14(3,4)10-15/h7-8,13,16H,5-6,9-11H2,1-4H3. The number of rotatable bonds is 8. The van der Waals surface area contributed by atoms with E-state index >= 15 is 0 Å². The minimum atomic E-state index is 0.138. The first-order valence-electron chi connectivity index (χ1n) is 6.83. The Hall–Kier alpha value is -0.540. The molecule has 3 nitrogen and oxygen atoms in total. The van der Waals surface area contributed by atoms with E-state index in [-0.39, 0.29) is 5.41 Å². The highest BCUT2D eigenvalue weighted by molar-refractivity contribution is 6.18. The smallest absolute Gasteiger partial charge is 0.0762 e. The Morgan fingerprint density at radius 1 is 1.39 bits per heavy atom. The number of hydrogen-bond donors (Lipinski definition) is 1. The van der Waals surface area contributed by atoms with Gasteiger partial charge in [-0.3, -0.25) is 4.68 Å². The first kappa shape index (κ1) is 15.5. The van der Waals surface area contributed by atoms with E-state index in [1.165, 1.54) is 0 Å². The zero-order chi connectivity index (χ0) is 13.6. The zero-order valence-corrected chi connectivity index (χ0v) is 12.8. The third-order valence-corrected chi connectivity index (χ3v) is 3.98. The highest BCUT2D eigenvalue weighted by Crippen LogP contribution is 2.16. The number of nitrogens with zero attached hydrogens (tertiary/aromatic N) is 2. The maximum Gasteiger partial charge on any atom is 0.0762 e. The number of aromatic nitrogens is 2. The Morgan fingerprint density at radius 2 is 2.06 bits per heavy atom. The van der Waals surface area contributed by atoms with Crippen LogP contribution in [0.4, 0.5) is 0 Å². The molecule has 0 aliphatic heterocycles. The Bertz CT molecular complexity index is 343. The van der Waals surface area contributed by atoms with Crippen molar-refractivity contribution in [3.05, 3.63) is 18.0 Å². The van der Waals surface area contributed by atoms with Crippen LogP contribution in [0.25, 0.3) is 0 Å².